The monoisotopic (exact) mass is 451 g/mol. The molecule has 9 heteroatoms. The number of aryl methyl sites for hydroxylation is 2. The molecule has 1 aromatic heterocycles. The maximum atomic E-state index is 12.9. The van der Waals surface area contributed by atoms with Crippen molar-refractivity contribution in [3.8, 4) is 0 Å². The van der Waals surface area contributed by atoms with Crippen LogP contribution in [0.2, 0.25) is 0 Å². The molecule has 4 rings (SSSR count). The van der Waals surface area contributed by atoms with Gasteiger partial charge in [-0.1, -0.05) is 12.1 Å². The van der Waals surface area contributed by atoms with Crippen LogP contribution < -0.4 is 9.62 Å². The van der Waals surface area contributed by atoms with Gasteiger partial charge in [-0.2, -0.15) is 0 Å². The number of sulfonamides is 1. The smallest absolute Gasteiger partial charge is 0.262 e. The van der Waals surface area contributed by atoms with Crippen LogP contribution >= 0.6 is 0 Å². The minimum atomic E-state index is -3.72. The number of amides is 1. The summed E-state index contributed by atoms with van der Waals surface area (Å²) < 4.78 is 28.2. The molecule has 166 valence electrons. The van der Waals surface area contributed by atoms with Crippen molar-refractivity contribution in [2.45, 2.75) is 18.7 Å². The van der Waals surface area contributed by atoms with Gasteiger partial charge in [0.05, 0.1) is 4.90 Å². The van der Waals surface area contributed by atoms with Gasteiger partial charge in [-0.25, -0.2) is 18.4 Å². The third-order valence-corrected chi connectivity index (χ3v) is 6.94. The number of piperazine rings is 1. The van der Waals surface area contributed by atoms with Gasteiger partial charge < -0.3 is 9.80 Å². The number of benzene rings is 2. The lowest BCUT2D eigenvalue weighted by Gasteiger charge is -2.34. The van der Waals surface area contributed by atoms with E-state index in [0.717, 1.165) is 5.56 Å². The summed E-state index contributed by atoms with van der Waals surface area (Å²) >= 11 is 0. The fourth-order valence-electron chi connectivity index (χ4n) is 3.63. The zero-order valence-corrected chi connectivity index (χ0v) is 18.8. The molecule has 32 heavy (non-hydrogen) atoms. The normalized spacial score (nSPS) is 14.3. The van der Waals surface area contributed by atoms with Crippen molar-refractivity contribution in [1.29, 1.82) is 0 Å². The Labute approximate surface area is 188 Å². The highest BCUT2D eigenvalue weighted by molar-refractivity contribution is 7.92. The van der Waals surface area contributed by atoms with Crippen molar-refractivity contribution in [2.24, 2.45) is 0 Å². The first kappa shape index (κ1) is 21.8. The van der Waals surface area contributed by atoms with E-state index in [-0.39, 0.29) is 10.8 Å². The molecule has 1 aliphatic heterocycles. The number of anilines is 2. The predicted octanol–water partition coefficient (Wildman–Crippen LogP) is 2.86. The van der Waals surface area contributed by atoms with Crippen molar-refractivity contribution in [1.82, 2.24) is 14.9 Å². The van der Waals surface area contributed by atoms with Crippen LogP contribution in [0.3, 0.4) is 0 Å². The largest absolute Gasteiger partial charge is 0.337 e. The summed E-state index contributed by atoms with van der Waals surface area (Å²) in [7, 11) is -3.72. The maximum Gasteiger partial charge on any atom is 0.262 e. The molecule has 0 spiro atoms. The van der Waals surface area contributed by atoms with Crippen molar-refractivity contribution in [3.63, 3.8) is 0 Å². The van der Waals surface area contributed by atoms with Crippen LogP contribution in [-0.4, -0.2) is 55.4 Å². The number of hydrogen-bond acceptors (Lipinski definition) is 6. The van der Waals surface area contributed by atoms with Gasteiger partial charge in [0, 0.05) is 49.8 Å². The lowest BCUT2D eigenvalue weighted by Crippen LogP contribution is -2.49. The summed E-state index contributed by atoms with van der Waals surface area (Å²) in [6, 6.07) is 13.6. The summed E-state index contributed by atoms with van der Waals surface area (Å²) in [6.45, 7) is 6.06. The molecule has 0 saturated carbocycles. The first-order valence-corrected chi connectivity index (χ1v) is 11.8. The molecule has 1 amide bonds. The van der Waals surface area contributed by atoms with Crippen molar-refractivity contribution in [3.05, 3.63) is 77.6 Å². The number of carbonyl (C=O) groups is 1. The average Bonchev–Trinajstić information content (AvgIpc) is 2.81. The van der Waals surface area contributed by atoms with Crippen LogP contribution in [0.1, 0.15) is 21.5 Å². The van der Waals surface area contributed by atoms with Gasteiger partial charge in [0.1, 0.15) is 0 Å². The number of hydrogen-bond donors (Lipinski definition) is 1. The van der Waals surface area contributed by atoms with Gasteiger partial charge in [-0.05, 0) is 61.4 Å². The number of aromatic nitrogens is 2. The van der Waals surface area contributed by atoms with Gasteiger partial charge in [-0.15, -0.1) is 0 Å². The molecule has 0 aliphatic carbocycles. The van der Waals surface area contributed by atoms with Gasteiger partial charge >= 0.3 is 0 Å². The minimum Gasteiger partial charge on any atom is -0.337 e. The molecule has 0 bridgehead atoms. The van der Waals surface area contributed by atoms with Crippen LogP contribution in [-0.2, 0) is 10.0 Å². The lowest BCUT2D eigenvalue weighted by atomic mass is 10.1. The SMILES string of the molecule is Cc1ccc(C)c(S(=O)(=O)Nc2ccc(C(=O)N3CCN(c4ncccn4)CC3)cc2)c1. The molecule has 1 aliphatic rings. The summed E-state index contributed by atoms with van der Waals surface area (Å²) in [5, 5.41) is 0. The minimum absolute atomic E-state index is 0.0810. The molecule has 3 aromatic rings. The van der Waals surface area contributed by atoms with Crippen LogP contribution in [0.4, 0.5) is 11.6 Å². The van der Waals surface area contributed by atoms with E-state index in [9.17, 15) is 13.2 Å². The lowest BCUT2D eigenvalue weighted by molar-refractivity contribution is 0.0746. The van der Waals surface area contributed by atoms with Crippen molar-refractivity contribution in [2.75, 3.05) is 35.8 Å². The molecule has 2 aromatic carbocycles. The quantitative estimate of drug-likeness (QED) is 0.641. The van der Waals surface area contributed by atoms with E-state index in [4.69, 9.17) is 0 Å². The van der Waals surface area contributed by atoms with Gasteiger partial charge in [0.15, 0.2) is 0 Å². The van der Waals surface area contributed by atoms with Gasteiger partial charge in [0.25, 0.3) is 15.9 Å². The van der Waals surface area contributed by atoms with E-state index >= 15 is 0 Å². The molecule has 2 heterocycles. The Morgan fingerprint density at radius 1 is 0.938 bits per heavy atom. The third-order valence-electron chi connectivity index (χ3n) is 5.42. The van der Waals surface area contributed by atoms with Crippen LogP contribution in [0.5, 0.6) is 0 Å². The summed E-state index contributed by atoms with van der Waals surface area (Å²) in [4.78, 5) is 25.5. The number of carbonyl (C=O) groups excluding carboxylic acids is 1. The fraction of sp³-hybridized carbons (Fsp3) is 0.261. The number of nitrogens with one attached hydrogen (secondary N) is 1. The fourth-order valence-corrected chi connectivity index (χ4v) is 5.02. The zero-order valence-electron chi connectivity index (χ0n) is 18.0. The second-order valence-corrected chi connectivity index (χ2v) is 9.43. The second-order valence-electron chi connectivity index (χ2n) is 7.78. The standard InChI is InChI=1S/C23H25N5O3S/c1-17-4-5-18(2)21(16-17)32(30,31)26-20-8-6-19(7-9-20)22(29)27-12-14-28(15-13-27)23-24-10-3-11-25-23/h3-11,16,26H,12-15H2,1-2H3. The summed E-state index contributed by atoms with van der Waals surface area (Å²) in [5.41, 5.74) is 2.48. The van der Waals surface area contributed by atoms with E-state index in [2.05, 4.69) is 19.6 Å². The molecule has 0 atom stereocenters. The predicted molar refractivity (Wildman–Crippen MR) is 123 cm³/mol. The van der Waals surface area contributed by atoms with E-state index < -0.39 is 10.0 Å². The Hall–Kier alpha value is -3.46. The zero-order chi connectivity index (χ0) is 22.7. The van der Waals surface area contributed by atoms with E-state index in [1.54, 1.807) is 66.7 Å². The highest BCUT2D eigenvalue weighted by Gasteiger charge is 2.23. The summed E-state index contributed by atoms with van der Waals surface area (Å²) in [6.07, 6.45) is 3.41. The first-order chi connectivity index (χ1) is 15.3. The third kappa shape index (κ3) is 4.72. The van der Waals surface area contributed by atoms with Crippen LogP contribution in [0.25, 0.3) is 0 Å². The number of nitrogens with zero attached hydrogens (tertiary/aromatic N) is 4. The molecule has 1 N–H and O–H groups in total. The summed E-state index contributed by atoms with van der Waals surface area (Å²) in [5.74, 6) is 0.586. The molecular formula is C23H25N5O3S. The van der Waals surface area contributed by atoms with E-state index in [1.807, 2.05) is 13.0 Å². The van der Waals surface area contributed by atoms with E-state index in [0.29, 0.717) is 48.9 Å². The van der Waals surface area contributed by atoms with E-state index in [1.165, 1.54) is 0 Å². The average molecular weight is 452 g/mol. The first-order valence-electron chi connectivity index (χ1n) is 10.3. The second kappa shape index (κ2) is 8.96. The Morgan fingerprint density at radius 2 is 1.59 bits per heavy atom. The molecule has 0 radical (unpaired) electrons. The Morgan fingerprint density at radius 3 is 2.25 bits per heavy atom. The van der Waals surface area contributed by atoms with Crippen LogP contribution in [0, 0.1) is 13.8 Å². The van der Waals surface area contributed by atoms with Gasteiger partial charge in [-0.3, -0.25) is 9.52 Å². The van der Waals surface area contributed by atoms with Crippen LogP contribution in [0.15, 0.2) is 65.8 Å². The highest BCUT2D eigenvalue weighted by Crippen LogP contribution is 2.21. The molecule has 1 fully saturated rings. The maximum absolute atomic E-state index is 12.9. The van der Waals surface area contributed by atoms with Crippen molar-refractivity contribution < 1.29 is 13.2 Å². The Kier molecular flexibility index (Phi) is 6.09. The Balaban J connectivity index is 1.40. The molecular weight excluding hydrogens is 426 g/mol. The molecule has 0 unspecified atom stereocenters. The van der Waals surface area contributed by atoms with Crippen molar-refractivity contribution >= 4 is 27.6 Å². The van der Waals surface area contributed by atoms with Gasteiger partial charge in [0.2, 0.25) is 5.95 Å². The Bertz CT molecular complexity index is 1210. The topological polar surface area (TPSA) is 95.5 Å². The highest BCUT2D eigenvalue weighted by atomic mass is 32.2. The molecule has 1 saturated heterocycles. The number of rotatable bonds is 5. The molecule has 8 nitrogen and oxygen atoms in total.